The van der Waals surface area contributed by atoms with Crippen LogP contribution >= 0.6 is 0 Å². The van der Waals surface area contributed by atoms with Crippen molar-refractivity contribution in [3.8, 4) is 16.9 Å². The second kappa shape index (κ2) is 14.1. The summed E-state index contributed by atoms with van der Waals surface area (Å²) in [7, 11) is 0. The molecule has 0 unspecified atom stereocenters. The molecule has 1 fully saturated rings. The van der Waals surface area contributed by atoms with E-state index in [1.165, 1.54) is 30.3 Å². The summed E-state index contributed by atoms with van der Waals surface area (Å²) in [4.78, 5) is 42.3. The van der Waals surface area contributed by atoms with Crippen LogP contribution in [0.15, 0.2) is 106 Å². The molecule has 0 radical (unpaired) electrons. The number of benzene rings is 3. The van der Waals surface area contributed by atoms with E-state index in [-0.39, 0.29) is 22.5 Å². The Bertz CT molecular complexity index is 1930. The molecule has 0 bridgehead atoms. The van der Waals surface area contributed by atoms with Crippen molar-refractivity contribution in [3.63, 3.8) is 0 Å². The SMILES string of the molecule is O=C(NCCCN1CCOCC1)C(=Cc1cn(-c2ccccc2)nc1-c1cc2ccccc2oc1=O)NC(=O)c1ccc(F)cc1. The third-order valence-electron chi connectivity index (χ3n) is 7.60. The van der Waals surface area contributed by atoms with Gasteiger partial charge in [-0.05, 0) is 67.6 Å². The van der Waals surface area contributed by atoms with Crippen LogP contribution in [-0.4, -0.2) is 65.9 Å². The van der Waals surface area contributed by atoms with Gasteiger partial charge >= 0.3 is 5.63 Å². The van der Waals surface area contributed by atoms with Crippen LogP contribution < -0.4 is 16.3 Å². The smallest absolute Gasteiger partial charge is 0.345 e. The normalized spacial score (nSPS) is 13.9. The number of morpholine rings is 1. The highest BCUT2D eigenvalue weighted by Crippen LogP contribution is 2.26. The van der Waals surface area contributed by atoms with Gasteiger partial charge in [-0.3, -0.25) is 14.5 Å². The average molecular weight is 622 g/mol. The van der Waals surface area contributed by atoms with Gasteiger partial charge in [0.25, 0.3) is 11.8 Å². The van der Waals surface area contributed by atoms with Crippen molar-refractivity contribution in [1.82, 2.24) is 25.3 Å². The second-order valence-corrected chi connectivity index (χ2v) is 10.8. The topological polar surface area (TPSA) is 119 Å². The molecule has 1 aliphatic heterocycles. The Morgan fingerprint density at radius 1 is 0.957 bits per heavy atom. The van der Waals surface area contributed by atoms with E-state index in [0.29, 0.717) is 42.7 Å². The van der Waals surface area contributed by atoms with Gasteiger partial charge in [0, 0.05) is 42.3 Å². The Labute approximate surface area is 264 Å². The molecule has 3 aromatic carbocycles. The minimum Gasteiger partial charge on any atom is -0.422 e. The number of carbonyl (C=O) groups is 2. The lowest BCUT2D eigenvalue weighted by molar-refractivity contribution is -0.117. The number of para-hydroxylation sites is 2. The van der Waals surface area contributed by atoms with E-state index in [9.17, 15) is 18.8 Å². The van der Waals surface area contributed by atoms with Gasteiger partial charge in [-0.1, -0.05) is 36.4 Å². The maximum atomic E-state index is 13.6. The molecule has 6 rings (SSSR count). The van der Waals surface area contributed by atoms with Gasteiger partial charge in [-0.25, -0.2) is 13.9 Å². The first-order valence-corrected chi connectivity index (χ1v) is 15.0. The summed E-state index contributed by atoms with van der Waals surface area (Å²) < 4.78 is 26.1. The van der Waals surface area contributed by atoms with Crippen LogP contribution in [0.4, 0.5) is 4.39 Å². The number of rotatable bonds is 10. The summed E-state index contributed by atoms with van der Waals surface area (Å²) in [6, 6.07) is 23.1. The molecular weight excluding hydrogens is 589 g/mol. The van der Waals surface area contributed by atoms with Crippen molar-refractivity contribution >= 4 is 28.9 Å². The molecule has 10 nitrogen and oxygen atoms in total. The zero-order valence-electron chi connectivity index (χ0n) is 24.9. The molecule has 2 aromatic heterocycles. The van der Waals surface area contributed by atoms with Gasteiger partial charge < -0.3 is 19.8 Å². The largest absolute Gasteiger partial charge is 0.422 e. The fraction of sp³-hybridized carbons (Fsp3) is 0.200. The summed E-state index contributed by atoms with van der Waals surface area (Å²) in [5.41, 5.74) is 1.49. The monoisotopic (exact) mass is 621 g/mol. The zero-order valence-corrected chi connectivity index (χ0v) is 24.9. The fourth-order valence-electron chi connectivity index (χ4n) is 5.18. The molecular formula is C35H32FN5O5. The molecule has 11 heteroatoms. The van der Waals surface area contributed by atoms with E-state index in [0.717, 1.165) is 25.3 Å². The highest BCUT2D eigenvalue weighted by Gasteiger charge is 2.21. The third-order valence-corrected chi connectivity index (χ3v) is 7.60. The van der Waals surface area contributed by atoms with Crippen molar-refractivity contribution in [2.45, 2.75) is 6.42 Å². The molecule has 1 saturated heterocycles. The number of nitrogens with one attached hydrogen (secondary N) is 2. The number of carbonyl (C=O) groups excluding carboxylic acids is 2. The van der Waals surface area contributed by atoms with Crippen LogP contribution in [0.5, 0.6) is 0 Å². The highest BCUT2D eigenvalue weighted by atomic mass is 19.1. The Morgan fingerprint density at radius 3 is 2.48 bits per heavy atom. The van der Waals surface area contributed by atoms with Crippen LogP contribution in [-0.2, 0) is 9.53 Å². The second-order valence-electron chi connectivity index (χ2n) is 10.8. The Hall–Kier alpha value is -5.39. The molecule has 5 aromatic rings. The van der Waals surface area contributed by atoms with E-state index in [4.69, 9.17) is 14.3 Å². The van der Waals surface area contributed by atoms with Crippen molar-refractivity contribution < 1.29 is 23.1 Å². The number of hydrogen-bond donors (Lipinski definition) is 2. The van der Waals surface area contributed by atoms with Gasteiger partial charge in [-0.15, -0.1) is 0 Å². The third kappa shape index (κ3) is 7.28. The Kier molecular flexibility index (Phi) is 9.42. The van der Waals surface area contributed by atoms with Gasteiger partial charge in [-0.2, -0.15) is 5.10 Å². The molecule has 0 saturated carbocycles. The minimum atomic E-state index is -0.601. The first kappa shape index (κ1) is 30.6. The zero-order chi connectivity index (χ0) is 31.9. The quantitative estimate of drug-likeness (QED) is 0.135. The maximum Gasteiger partial charge on any atom is 0.345 e. The van der Waals surface area contributed by atoms with E-state index >= 15 is 0 Å². The lowest BCUT2D eigenvalue weighted by atomic mass is 10.1. The van der Waals surface area contributed by atoms with Crippen LogP contribution in [0.3, 0.4) is 0 Å². The highest BCUT2D eigenvalue weighted by molar-refractivity contribution is 6.05. The summed E-state index contributed by atoms with van der Waals surface area (Å²) in [6.07, 6.45) is 3.85. The molecule has 0 aliphatic carbocycles. The van der Waals surface area contributed by atoms with Gasteiger partial charge in [0.2, 0.25) is 0 Å². The fourth-order valence-corrected chi connectivity index (χ4v) is 5.18. The number of hydrogen-bond acceptors (Lipinski definition) is 7. The van der Waals surface area contributed by atoms with E-state index in [1.54, 1.807) is 29.1 Å². The summed E-state index contributed by atoms with van der Waals surface area (Å²) in [5.74, 6) is -1.61. The van der Waals surface area contributed by atoms with E-state index < -0.39 is 23.3 Å². The number of amides is 2. The minimum absolute atomic E-state index is 0.0697. The summed E-state index contributed by atoms with van der Waals surface area (Å²) >= 11 is 0. The number of fused-ring (bicyclic) bond motifs is 1. The standard InChI is InChI=1S/C35H32FN5O5/c36-27-13-11-24(12-14-27)33(42)38-30(34(43)37-15-6-16-40-17-19-45-20-18-40)22-26-23-41(28-8-2-1-3-9-28)39-32(26)29-21-25-7-4-5-10-31(25)46-35(29)44/h1-5,7-14,21-23H,6,15-20H2,(H,37,43)(H,38,42). The van der Waals surface area contributed by atoms with Crippen LogP contribution in [0.1, 0.15) is 22.3 Å². The summed E-state index contributed by atoms with van der Waals surface area (Å²) in [6.45, 7) is 4.20. The molecule has 1 aliphatic rings. The number of nitrogens with zero attached hydrogens (tertiary/aromatic N) is 3. The molecule has 3 heterocycles. The lowest BCUT2D eigenvalue weighted by Crippen LogP contribution is -2.39. The van der Waals surface area contributed by atoms with Crippen molar-refractivity contribution in [2.75, 3.05) is 39.4 Å². The average Bonchev–Trinajstić information content (AvgIpc) is 3.50. The Balaban J connectivity index is 1.37. The molecule has 2 N–H and O–H groups in total. The predicted octanol–water partition coefficient (Wildman–Crippen LogP) is 4.39. The van der Waals surface area contributed by atoms with E-state index in [1.807, 2.05) is 42.5 Å². The van der Waals surface area contributed by atoms with Crippen molar-refractivity contribution in [2.24, 2.45) is 0 Å². The number of halogens is 1. The number of ether oxygens (including phenoxy) is 1. The lowest BCUT2D eigenvalue weighted by Gasteiger charge is -2.26. The first-order valence-electron chi connectivity index (χ1n) is 15.0. The van der Waals surface area contributed by atoms with Gasteiger partial charge in [0.05, 0.1) is 24.5 Å². The van der Waals surface area contributed by atoms with E-state index in [2.05, 4.69) is 15.5 Å². The van der Waals surface area contributed by atoms with Crippen molar-refractivity contribution in [1.29, 1.82) is 0 Å². The summed E-state index contributed by atoms with van der Waals surface area (Å²) in [5, 5.41) is 11.0. The van der Waals surface area contributed by atoms with Gasteiger partial charge in [0.1, 0.15) is 22.8 Å². The first-order chi connectivity index (χ1) is 22.4. The molecule has 0 spiro atoms. The van der Waals surface area contributed by atoms with Crippen molar-refractivity contribution in [3.05, 3.63) is 124 Å². The Morgan fingerprint density at radius 2 is 1.70 bits per heavy atom. The van der Waals surface area contributed by atoms with Gasteiger partial charge in [0.15, 0.2) is 0 Å². The van der Waals surface area contributed by atoms with Crippen LogP contribution in [0.25, 0.3) is 34.0 Å². The van der Waals surface area contributed by atoms with Crippen LogP contribution in [0, 0.1) is 5.82 Å². The molecule has 0 atom stereocenters. The predicted molar refractivity (Wildman–Crippen MR) is 172 cm³/mol. The maximum absolute atomic E-state index is 13.6. The molecule has 46 heavy (non-hydrogen) atoms. The molecule has 2 amide bonds. The molecule has 234 valence electrons. The number of aromatic nitrogens is 2. The van der Waals surface area contributed by atoms with Crippen LogP contribution in [0.2, 0.25) is 0 Å².